The van der Waals surface area contributed by atoms with Crippen LogP contribution >= 0.6 is 0 Å². The number of carboxylic acids is 1. The first-order valence-corrected chi connectivity index (χ1v) is 7.98. The van der Waals surface area contributed by atoms with Crippen LogP contribution < -0.4 is 11.1 Å². The Balaban J connectivity index is 1.97. The van der Waals surface area contributed by atoms with Crippen molar-refractivity contribution in [2.24, 2.45) is 5.73 Å². The van der Waals surface area contributed by atoms with Gasteiger partial charge in [-0.25, -0.2) is 4.79 Å². The molecule has 7 heteroatoms. The van der Waals surface area contributed by atoms with Gasteiger partial charge in [0.05, 0.1) is 6.04 Å². The average molecular weight is 333 g/mol. The summed E-state index contributed by atoms with van der Waals surface area (Å²) < 4.78 is 0. The Labute approximate surface area is 140 Å². The molecule has 3 atom stereocenters. The van der Waals surface area contributed by atoms with E-state index in [1.807, 2.05) is 30.3 Å². The number of carboxylic acid groups (broad SMARTS) is 1. The first kappa shape index (κ1) is 17.9. The molecule has 1 aromatic rings. The van der Waals surface area contributed by atoms with Crippen LogP contribution in [0.15, 0.2) is 30.3 Å². The number of carbonyl (C=O) groups is 3. The number of aliphatic carboxylic acids is 1. The summed E-state index contributed by atoms with van der Waals surface area (Å²) in [6.45, 7) is 1.54. The molecule has 2 rings (SSSR count). The molecule has 1 aliphatic rings. The number of carbonyl (C=O) groups excluding carboxylic acids is 2. The van der Waals surface area contributed by atoms with Crippen LogP contribution in [0.2, 0.25) is 0 Å². The fourth-order valence-corrected chi connectivity index (χ4v) is 3.01. The molecule has 1 aromatic carbocycles. The quantitative estimate of drug-likeness (QED) is 0.685. The lowest BCUT2D eigenvalue weighted by atomic mass is 10.0. The number of rotatable bonds is 6. The van der Waals surface area contributed by atoms with Crippen LogP contribution in [-0.4, -0.2) is 52.5 Å². The number of amides is 2. The zero-order valence-corrected chi connectivity index (χ0v) is 13.6. The van der Waals surface area contributed by atoms with Crippen molar-refractivity contribution in [2.75, 3.05) is 6.54 Å². The highest BCUT2D eigenvalue weighted by Gasteiger charge is 2.41. The van der Waals surface area contributed by atoms with Gasteiger partial charge in [0.2, 0.25) is 11.8 Å². The monoisotopic (exact) mass is 333 g/mol. The van der Waals surface area contributed by atoms with Gasteiger partial charge in [-0.3, -0.25) is 9.59 Å². The normalized spacial score (nSPS) is 21.3. The molecule has 1 fully saturated rings. The van der Waals surface area contributed by atoms with Gasteiger partial charge in [0.1, 0.15) is 6.04 Å². The first-order chi connectivity index (χ1) is 11.4. The van der Waals surface area contributed by atoms with Crippen LogP contribution in [0.5, 0.6) is 0 Å². The summed E-state index contributed by atoms with van der Waals surface area (Å²) in [6.07, 6.45) is 1.29. The summed E-state index contributed by atoms with van der Waals surface area (Å²) in [5.74, 6) is -1.70. The van der Waals surface area contributed by atoms with Crippen LogP contribution in [0.1, 0.15) is 25.3 Å². The van der Waals surface area contributed by atoms with Gasteiger partial charge in [0.25, 0.3) is 0 Å². The summed E-state index contributed by atoms with van der Waals surface area (Å²) in [4.78, 5) is 36.4. The third-order valence-electron chi connectivity index (χ3n) is 4.18. The SMILES string of the molecule is CC(=O)NC1C[C@@H](C(=O)O)N(C(=O)C(N)CCc2ccccc2)C1. The number of hydrogen-bond donors (Lipinski definition) is 3. The number of nitrogens with one attached hydrogen (secondary N) is 1. The van der Waals surface area contributed by atoms with Crippen LogP contribution in [0.3, 0.4) is 0 Å². The maximum atomic E-state index is 12.5. The zero-order valence-electron chi connectivity index (χ0n) is 13.6. The van der Waals surface area contributed by atoms with Crippen LogP contribution in [-0.2, 0) is 20.8 Å². The Morgan fingerprint density at radius 1 is 1.33 bits per heavy atom. The topological polar surface area (TPSA) is 113 Å². The predicted octanol–water partition coefficient (Wildman–Crippen LogP) is 0.137. The summed E-state index contributed by atoms with van der Waals surface area (Å²) in [6, 6.07) is 7.61. The summed E-state index contributed by atoms with van der Waals surface area (Å²) >= 11 is 0. The van der Waals surface area contributed by atoms with Crippen LogP contribution in [0.25, 0.3) is 0 Å². The minimum absolute atomic E-state index is 0.175. The van der Waals surface area contributed by atoms with Gasteiger partial charge in [-0.15, -0.1) is 0 Å². The highest BCUT2D eigenvalue weighted by molar-refractivity contribution is 5.88. The Kier molecular flexibility index (Phi) is 5.92. The number of benzene rings is 1. The fourth-order valence-electron chi connectivity index (χ4n) is 3.01. The third-order valence-corrected chi connectivity index (χ3v) is 4.18. The van der Waals surface area contributed by atoms with Crippen molar-refractivity contribution >= 4 is 17.8 Å². The Hall–Kier alpha value is -2.41. The standard InChI is InChI=1S/C17H23N3O4/c1-11(21)19-13-9-15(17(23)24)20(10-13)16(22)14(18)8-7-12-5-3-2-4-6-12/h2-6,13-15H,7-10,18H2,1H3,(H,19,21)(H,23,24)/t13?,14?,15-/m0/s1. The molecule has 2 unspecified atom stereocenters. The van der Waals surface area contributed by atoms with Crippen LogP contribution in [0.4, 0.5) is 0 Å². The minimum Gasteiger partial charge on any atom is -0.480 e. The molecule has 7 nitrogen and oxygen atoms in total. The van der Waals surface area contributed by atoms with E-state index in [0.717, 1.165) is 5.56 Å². The molecule has 2 amide bonds. The maximum absolute atomic E-state index is 12.5. The summed E-state index contributed by atoms with van der Waals surface area (Å²) in [5.41, 5.74) is 7.06. The first-order valence-electron chi connectivity index (χ1n) is 7.98. The number of nitrogens with two attached hydrogens (primary N) is 1. The van der Waals surface area contributed by atoms with Gasteiger partial charge in [0, 0.05) is 25.9 Å². The van der Waals surface area contributed by atoms with E-state index >= 15 is 0 Å². The second kappa shape index (κ2) is 7.92. The van der Waals surface area contributed by atoms with E-state index in [0.29, 0.717) is 12.8 Å². The van der Waals surface area contributed by atoms with Gasteiger partial charge in [-0.1, -0.05) is 30.3 Å². The van der Waals surface area contributed by atoms with E-state index in [4.69, 9.17) is 5.73 Å². The van der Waals surface area contributed by atoms with Gasteiger partial charge in [0.15, 0.2) is 0 Å². The molecule has 1 aliphatic heterocycles. The van der Waals surface area contributed by atoms with Gasteiger partial charge in [-0.2, -0.15) is 0 Å². The molecular formula is C17H23N3O4. The summed E-state index contributed by atoms with van der Waals surface area (Å²) in [7, 11) is 0. The number of aryl methyl sites for hydroxylation is 1. The van der Waals surface area contributed by atoms with Gasteiger partial charge >= 0.3 is 5.97 Å². The molecule has 0 aliphatic carbocycles. The molecule has 0 saturated carbocycles. The van der Waals surface area contributed by atoms with Crippen LogP contribution in [0, 0.1) is 0 Å². The molecule has 24 heavy (non-hydrogen) atoms. The Morgan fingerprint density at radius 2 is 2.00 bits per heavy atom. The van der Waals surface area contributed by atoms with Crippen molar-refractivity contribution in [3.63, 3.8) is 0 Å². The maximum Gasteiger partial charge on any atom is 0.326 e. The predicted molar refractivity (Wildman–Crippen MR) is 88.1 cm³/mol. The van der Waals surface area contributed by atoms with E-state index in [2.05, 4.69) is 5.32 Å². The number of likely N-dealkylation sites (tertiary alicyclic amines) is 1. The number of nitrogens with zero attached hydrogens (tertiary/aromatic N) is 1. The lowest BCUT2D eigenvalue weighted by molar-refractivity contribution is -0.148. The highest BCUT2D eigenvalue weighted by atomic mass is 16.4. The molecule has 1 saturated heterocycles. The molecule has 0 radical (unpaired) electrons. The molecule has 0 aromatic heterocycles. The molecule has 0 spiro atoms. The largest absolute Gasteiger partial charge is 0.480 e. The lowest BCUT2D eigenvalue weighted by Crippen LogP contribution is -2.49. The molecule has 130 valence electrons. The highest BCUT2D eigenvalue weighted by Crippen LogP contribution is 2.20. The van der Waals surface area contributed by atoms with Crippen molar-refractivity contribution in [1.29, 1.82) is 0 Å². The van der Waals surface area contributed by atoms with Crippen molar-refractivity contribution in [2.45, 2.75) is 44.3 Å². The Bertz CT molecular complexity index is 605. The lowest BCUT2D eigenvalue weighted by Gasteiger charge is -2.24. The number of hydrogen-bond acceptors (Lipinski definition) is 4. The van der Waals surface area contributed by atoms with Gasteiger partial charge < -0.3 is 21.1 Å². The van der Waals surface area contributed by atoms with Crippen molar-refractivity contribution in [3.05, 3.63) is 35.9 Å². The van der Waals surface area contributed by atoms with Crippen molar-refractivity contribution in [1.82, 2.24) is 10.2 Å². The van der Waals surface area contributed by atoms with E-state index < -0.39 is 18.1 Å². The second-order valence-corrected chi connectivity index (χ2v) is 6.11. The van der Waals surface area contributed by atoms with E-state index in [1.165, 1.54) is 11.8 Å². The van der Waals surface area contributed by atoms with E-state index in [9.17, 15) is 19.5 Å². The molecule has 4 N–H and O–H groups in total. The van der Waals surface area contributed by atoms with E-state index in [-0.39, 0.29) is 30.8 Å². The smallest absolute Gasteiger partial charge is 0.326 e. The average Bonchev–Trinajstić information content (AvgIpc) is 2.96. The van der Waals surface area contributed by atoms with E-state index in [1.54, 1.807) is 0 Å². The molecular weight excluding hydrogens is 310 g/mol. The van der Waals surface area contributed by atoms with Crippen molar-refractivity contribution in [3.8, 4) is 0 Å². The fraction of sp³-hybridized carbons (Fsp3) is 0.471. The molecule has 1 heterocycles. The molecule has 0 bridgehead atoms. The van der Waals surface area contributed by atoms with Gasteiger partial charge in [-0.05, 0) is 18.4 Å². The van der Waals surface area contributed by atoms with Crippen molar-refractivity contribution < 1.29 is 19.5 Å². The zero-order chi connectivity index (χ0) is 17.7. The minimum atomic E-state index is -1.08. The summed E-state index contributed by atoms with van der Waals surface area (Å²) in [5, 5.41) is 12.0. The Morgan fingerprint density at radius 3 is 2.58 bits per heavy atom. The second-order valence-electron chi connectivity index (χ2n) is 6.11. The third kappa shape index (κ3) is 4.55.